The van der Waals surface area contributed by atoms with Crippen LogP contribution in [-0.4, -0.2) is 22.8 Å². The van der Waals surface area contributed by atoms with Crippen molar-refractivity contribution in [2.24, 2.45) is 0 Å². The first-order chi connectivity index (χ1) is 9.56. The average molecular weight is 277 g/mol. The van der Waals surface area contributed by atoms with Crippen LogP contribution in [0.3, 0.4) is 0 Å². The number of carbonyl (C=O) groups is 2. The van der Waals surface area contributed by atoms with Gasteiger partial charge in [-0.05, 0) is 18.9 Å². The Bertz CT molecular complexity index is 538. The Morgan fingerprint density at radius 3 is 2.55 bits per heavy atom. The van der Waals surface area contributed by atoms with Crippen LogP contribution in [0.5, 0.6) is 0 Å². The standard InChI is InChI=1S/C13H15N3O4/c17-12(14-9-4-1-2-5-9)13(18)15-10-6-3-7-11(8-10)16(19)20/h3,6-9H,1-2,4-5H2,(H,14,17)(H,15,18). The van der Waals surface area contributed by atoms with Gasteiger partial charge in [-0.15, -0.1) is 0 Å². The summed E-state index contributed by atoms with van der Waals surface area (Å²) in [4.78, 5) is 33.4. The van der Waals surface area contributed by atoms with E-state index in [-0.39, 0.29) is 17.4 Å². The fraction of sp³-hybridized carbons (Fsp3) is 0.385. The van der Waals surface area contributed by atoms with Crippen molar-refractivity contribution in [3.63, 3.8) is 0 Å². The SMILES string of the molecule is O=C(Nc1cccc([N+](=O)[O-])c1)C(=O)NC1CCCC1. The van der Waals surface area contributed by atoms with Gasteiger partial charge in [-0.3, -0.25) is 19.7 Å². The third-order valence-corrected chi connectivity index (χ3v) is 3.21. The first-order valence-electron chi connectivity index (χ1n) is 6.42. The molecule has 0 atom stereocenters. The molecule has 2 rings (SSSR count). The Kier molecular flexibility index (Phi) is 4.29. The van der Waals surface area contributed by atoms with Crippen molar-refractivity contribution in [2.75, 3.05) is 5.32 Å². The Hall–Kier alpha value is -2.44. The number of nitrogens with one attached hydrogen (secondary N) is 2. The van der Waals surface area contributed by atoms with E-state index in [0.29, 0.717) is 0 Å². The number of anilines is 1. The second kappa shape index (κ2) is 6.14. The number of hydrogen-bond acceptors (Lipinski definition) is 4. The van der Waals surface area contributed by atoms with E-state index in [0.717, 1.165) is 25.7 Å². The van der Waals surface area contributed by atoms with Crippen molar-refractivity contribution >= 4 is 23.2 Å². The number of carbonyl (C=O) groups excluding carboxylic acids is 2. The topological polar surface area (TPSA) is 101 Å². The number of nitro groups is 1. The minimum absolute atomic E-state index is 0.0540. The Balaban J connectivity index is 1.94. The molecular weight excluding hydrogens is 262 g/mol. The van der Waals surface area contributed by atoms with Crippen LogP contribution in [0.1, 0.15) is 25.7 Å². The third-order valence-electron chi connectivity index (χ3n) is 3.21. The molecule has 1 fully saturated rings. The molecule has 1 saturated carbocycles. The molecule has 20 heavy (non-hydrogen) atoms. The lowest BCUT2D eigenvalue weighted by Crippen LogP contribution is -2.40. The summed E-state index contributed by atoms with van der Waals surface area (Å²) in [6.45, 7) is 0. The summed E-state index contributed by atoms with van der Waals surface area (Å²) >= 11 is 0. The molecule has 106 valence electrons. The summed E-state index contributed by atoms with van der Waals surface area (Å²) in [5.41, 5.74) is 0.0878. The van der Waals surface area contributed by atoms with Crippen LogP contribution in [0.2, 0.25) is 0 Å². The van der Waals surface area contributed by atoms with Gasteiger partial charge in [0.2, 0.25) is 0 Å². The van der Waals surface area contributed by atoms with Crippen molar-refractivity contribution in [2.45, 2.75) is 31.7 Å². The molecule has 0 unspecified atom stereocenters. The second-order valence-electron chi connectivity index (χ2n) is 4.72. The third kappa shape index (κ3) is 3.53. The number of nitrogens with zero attached hydrogens (tertiary/aromatic N) is 1. The monoisotopic (exact) mass is 277 g/mol. The van der Waals surface area contributed by atoms with Gasteiger partial charge in [0.25, 0.3) is 5.69 Å². The molecule has 0 radical (unpaired) electrons. The molecule has 1 aromatic carbocycles. The van der Waals surface area contributed by atoms with E-state index in [1.165, 1.54) is 24.3 Å². The molecule has 1 aromatic rings. The largest absolute Gasteiger partial charge is 0.345 e. The molecule has 0 bridgehead atoms. The predicted octanol–water partition coefficient (Wildman–Crippen LogP) is 1.59. The fourth-order valence-corrected chi connectivity index (χ4v) is 2.21. The van der Waals surface area contributed by atoms with Gasteiger partial charge >= 0.3 is 11.8 Å². The molecule has 0 aliphatic heterocycles. The normalized spacial score (nSPS) is 14.8. The highest BCUT2D eigenvalue weighted by atomic mass is 16.6. The van der Waals surface area contributed by atoms with Crippen molar-refractivity contribution in [3.8, 4) is 0 Å². The number of benzene rings is 1. The zero-order valence-electron chi connectivity index (χ0n) is 10.8. The van der Waals surface area contributed by atoms with Crippen LogP contribution < -0.4 is 10.6 Å². The first kappa shape index (κ1) is 14.0. The van der Waals surface area contributed by atoms with Crippen molar-refractivity contribution < 1.29 is 14.5 Å². The molecule has 0 saturated heterocycles. The number of hydrogen-bond donors (Lipinski definition) is 2. The molecule has 2 N–H and O–H groups in total. The maximum absolute atomic E-state index is 11.7. The van der Waals surface area contributed by atoms with Crippen LogP contribution in [0.15, 0.2) is 24.3 Å². The van der Waals surface area contributed by atoms with Gasteiger partial charge in [0.15, 0.2) is 0 Å². The number of non-ortho nitro benzene ring substituents is 1. The van der Waals surface area contributed by atoms with Crippen LogP contribution in [0.4, 0.5) is 11.4 Å². The Morgan fingerprint density at radius 1 is 1.20 bits per heavy atom. The summed E-state index contributed by atoms with van der Waals surface area (Å²) in [7, 11) is 0. The van der Waals surface area contributed by atoms with Crippen LogP contribution in [0.25, 0.3) is 0 Å². The van der Waals surface area contributed by atoms with E-state index in [1.54, 1.807) is 0 Å². The zero-order valence-corrected chi connectivity index (χ0v) is 10.8. The van der Waals surface area contributed by atoms with Crippen LogP contribution >= 0.6 is 0 Å². The maximum Gasteiger partial charge on any atom is 0.313 e. The minimum atomic E-state index is -0.808. The van der Waals surface area contributed by atoms with E-state index in [1.807, 2.05) is 0 Å². The highest BCUT2D eigenvalue weighted by molar-refractivity contribution is 6.39. The molecule has 7 nitrogen and oxygen atoms in total. The van der Waals surface area contributed by atoms with Gasteiger partial charge in [0.1, 0.15) is 0 Å². The Labute approximate surface area is 115 Å². The molecule has 1 aliphatic carbocycles. The minimum Gasteiger partial charge on any atom is -0.345 e. The summed E-state index contributed by atoms with van der Waals surface area (Å²) in [5, 5.41) is 15.6. The van der Waals surface area contributed by atoms with Crippen molar-refractivity contribution in [3.05, 3.63) is 34.4 Å². The highest BCUT2D eigenvalue weighted by Gasteiger charge is 2.21. The van der Waals surface area contributed by atoms with Gasteiger partial charge in [0.05, 0.1) is 4.92 Å². The van der Waals surface area contributed by atoms with E-state index in [4.69, 9.17) is 0 Å². The quantitative estimate of drug-likeness (QED) is 0.497. The highest BCUT2D eigenvalue weighted by Crippen LogP contribution is 2.18. The molecule has 0 heterocycles. The smallest absolute Gasteiger partial charge is 0.313 e. The second-order valence-corrected chi connectivity index (χ2v) is 4.72. The predicted molar refractivity (Wildman–Crippen MR) is 72.1 cm³/mol. The molecule has 0 aromatic heterocycles. The summed E-state index contributed by atoms with van der Waals surface area (Å²) in [5.74, 6) is -1.51. The lowest BCUT2D eigenvalue weighted by molar-refractivity contribution is -0.384. The number of nitro benzene ring substituents is 1. The lowest BCUT2D eigenvalue weighted by atomic mass is 10.2. The summed E-state index contributed by atoms with van der Waals surface area (Å²) < 4.78 is 0. The van der Waals surface area contributed by atoms with Crippen LogP contribution in [-0.2, 0) is 9.59 Å². The van der Waals surface area contributed by atoms with Crippen LogP contribution in [0, 0.1) is 10.1 Å². The number of rotatable bonds is 3. The van der Waals surface area contributed by atoms with Gasteiger partial charge in [-0.2, -0.15) is 0 Å². The van der Waals surface area contributed by atoms with Gasteiger partial charge < -0.3 is 10.6 Å². The molecular formula is C13H15N3O4. The summed E-state index contributed by atoms with van der Waals surface area (Å²) in [6, 6.07) is 5.52. The van der Waals surface area contributed by atoms with Crippen molar-refractivity contribution in [1.29, 1.82) is 0 Å². The average Bonchev–Trinajstić information content (AvgIpc) is 2.91. The van der Waals surface area contributed by atoms with Gasteiger partial charge in [-0.25, -0.2) is 0 Å². The van der Waals surface area contributed by atoms with Gasteiger partial charge in [-0.1, -0.05) is 18.9 Å². The van der Waals surface area contributed by atoms with Crippen molar-refractivity contribution in [1.82, 2.24) is 5.32 Å². The maximum atomic E-state index is 11.7. The van der Waals surface area contributed by atoms with Gasteiger partial charge in [0, 0.05) is 23.9 Å². The summed E-state index contributed by atoms with van der Waals surface area (Å²) in [6.07, 6.45) is 3.88. The molecule has 7 heteroatoms. The molecule has 0 spiro atoms. The zero-order chi connectivity index (χ0) is 14.5. The molecule has 2 amide bonds. The number of amides is 2. The Morgan fingerprint density at radius 2 is 1.90 bits per heavy atom. The molecule has 1 aliphatic rings. The van der Waals surface area contributed by atoms with E-state index in [2.05, 4.69) is 10.6 Å². The van der Waals surface area contributed by atoms with E-state index in [9.17, 15) is 19.7 Å². The lowest BCUT2D eigenvalue weighted by Gasteiger charge is -2.11. The van der Waals surface area contributed by atoms with E-state index < -0.39 is 16.7 Å². The fourth-order valence-electron chi connectivity index (χ4n) is 2.21. The van der Waals surface area contributed by atoms with E-state index >= 15 is 0 Å². The first-order valence-corrected chi connectivity index (χ1v) is 6.42.